The number of sulfone groups is 1. The summed E-state index contributed by atoms with van der Waals surface area (Å²) in [7, 11) is -3.58. The SMILES string of the molecule is CC(=O)N1CCN(c2cc(-n3nc(C)cc3C)nc(Nc3ccc(C#N)cc3)n2)CC1.CC(=O)N1CCN(c2cc(-n3nc(C)cc3C)nc(Nc3ccc(C(F)F)cc3)n2)CC1.CC(=O)N1CCN(c2cc(-n3nc(C)cc3C)nc(Nc3ccc(C=O)cc3)n2)CC1.CC(=O)N1CCN(c2cc(-n3nc(C)cc3C)nc(S(C)(=O)=O)n2)CC1.N#Cc1ccc(N)cc1. The van der Waals surface area contributed by atoms with Crippen molar-refractivity contribution in [3.8, 4) is 35.4 Å². The number of rotatable bonds is 17. The maximum absolute atomic E-state index is 12.9. The molecule has 0 saturated carbocycles. The molecule has 16 rings (SSSR count). The van der Waals surface area contributed by atoms with E-state index in [1.807, 2.05) is 148 Å². The first-order chi connectivity index (χ1) is 61.6. The highest BCUT2D eigenvalue weighted by Gasteiger charge is 2.29. The summed E-state index contributed by atoms with van der Waals surface area (Å²) in [5.74, 6) is 6.61. The summed E-state index contributed by atoms with van der Waals surface area (Å²) < 4.78 is 56.8. The molecule has 0 radical (unpaired) electrons. The first kappa shape index (κ1) is 92.9. The Hall–Kier alpha value is -15.2. The van der Waals surface area contributed by atoms with Gasteiger partial charge in [0.2, 0.25) is 51.3 Å². The van der Waals surface area contributed by atoms with Crippen LogP contribution in [0.15, 0.2) is 151 Å². The van der Waals surface area contributed by atoms with Gasteiger partial charge in [-0.25, -0.2) is 40.9 Å². The summed E-state index contributed by atoms with van der Waals surface area (Å²) in [4.78, 5) is 109. The molecule has 12 aromatic rings. The minimum Gasteiger partial charge on any atom is -0.399 e. The number of halogens is 2. The Kier molecular flexibility index (Phi) is 30.1. The van der Waals surface area contributed by atoms with E-state index >= 15 is 0 Å². The van der Waals surface area contributed by atoms with E-state index in [2.05, 4.69) is 87.0 Å². The van der Waals surface area contributed by atoms with Crippen molar-refractivity contribution < 1.29 is 41.2 Å². The number of anilines is 11. The van der Waals surface area contributed by atoms with E-state index in [1.165, 1.54) is 12.1 Å². The molecule has 0 bridgehead atoms. The fraction of sp³-hybridized carbons (Fsp3) is 0.337. The molecule has 37 nitrogen and oxygen atoms in total. The predicted octanol–water partition coefficient (Wildman–Crippen LogP) is 10.2. The maximum atomic E-state index is 12.9. The van der Waals surface area contributed by atoms with E-state index in [4.69, 9.17) is 26.2 Å². The zero-order chi connectivity index (χ0) is 92.5. The van der Waals surface area contributed by atoms with Gasteiger partial charge in [0.05, 0.1) is 46.0 Å². The van der Waals surface area contributed by atoms with Crippen LogP contribution in [0.3, 0.4) is 0 Å². The highest BCUT2D eigenvalue weighted by atomic mass is 32.2. The Morgan fingerprint density at radius 2 is 0.628 bits per heavy atom. The van der Waals surface area contributed by atoms with Crippen molar-refractivity contribution in [1.29, 1.82) is 10.5 Å². The lowest BCUT2D eigenvalue weighted by Gasteiger charge is -2.35. The Labute approximate surface area is 745 Å². The number of amides is 4. The van der Waals surface area contributed by atoms with Gasteiger partial charge in [-0.3, -0.25) is 24.0 Å². The quantitative estimate of drug-likeness (QED) is 0.0374. The van der Waals surface area contributed by atoms with Crippen molar-refractivity contribution in [2.75, 3.05) is 152 Å². The standard InChI is InChI=1S/C22H25F2N7O.C22H24N8O.C22H25N7O2.C16H22N6O3S.C7H6N2/c1-14-12-15(2)31(28-14)20-13-19(30-10-8-29(9-11-30)16(3)32)26-22(27-20)25-18-6-4-17(5-7-18)21(23)24;1-15-12-16(2)30(27-15)21-13-20(29-10-8-28(9-11-29)17(3)31)25-22(26-21)24-19-6-4-18(14-23)5-7-19;1-15-12-16(2)29(26-15)21-13-20(28-10-8-27(9-11-28)17(3)31)24-22(25-21)23-19-6-4-18(14-30)5-7-19;1-11-9-12(2)22(19-11)15-10-14(17-16(18-15)26(4,24)25)21-7-5-20(6-8-21)13(3)23;8-5-6-1-3-7(9)4-2-6/h4-7,12-13,21H,8-11H2,1-3H3,(H,25,26,27);4-7,12-13H,8-11H2,1-3H3,(H,24,25,26);4-7,12-14H,8-11H2,1-3H3,(H,23,24,25);9-10H,5-8H2,1-4H3;1-4H,9H2. The molecule has 4 aromatic carbocycles. The number of nitrogens with one attached hydrogen (secondary N) is 3. The second-order valence-electron chi connectivity index (χ2n) is 31.2. The van der Waals surface area contributed by atoms with Crippen molar-refractivity contribution >= 4 is 104 Å². The number of aromatic nitrogens is 16. The number of nitrogens with two attached hydrogens (primary N) is 1. The van der Waals surface area contributed by atoms with Crippen LogP contribution in [0.5, 0.6) is 0 Å². The molecule has 0 atom stereocenters. The van der Waals surface area contributed by atoms with Crippen LogP contribution in [-0.2, 0) is 29.0 Å². The van der Waals surface area contributed by atoms with Crippen molar-refractivity contribution in [2.24, 2.45) is 0 Å². The van der Waals surface area contributed by atoms with E-state index in [0.717, 1.165) is 81.1 Å². The topological polar surface area (TPSA) is 430 Å². The molecule has 12 heterocycles. The molecule has 4 aliphatic rings. The summed E-state index contributed by atoms with van der Waals surface area (Å²) >= 11 is 0. The van der Waals surface area contributed by atoms with Gasteiger partial charge < -0.3 is 60.9 Å². The van der Waals surface area contributed by atoms with Crippen LogP contribution >= 0.6 is 0 Å². The number of carbonyl (C=O) groups is 5. The van der Waals surface area contributed by atoms with Crippen molar-refractivity contribution in [3.63, 3.8) is 0 Å². The summed E-state index contributed by atoms with van der Waals surface area (Å²) in [6.45, 7) is 32.0. The molecule has 4 saturated heterocycles. The van der Waals surface area contributed by atoms with Crippen LogP contribution in [0.2, 0.25) is 0 Å². The van der Waals surface area contributed by atoms with Gasteiger partial charge in [0, 0.05) is 220 Å². The molecular weight excluding hydrogens is 1670 g/mol. The van der Waals surface area contributed by atoms with Gasteiger partial charge in [0.15, 0.2) is 23.3 Å². The fourth-order valence-corrected chi connectivity index (χ4v) is 15.0. The van der Waals surface area contributed by atoms with Crippen LogP contribution in [0, 0.1) is 78.1 Å². The second kappa shape index (κ2) is 41.7. The zero-order valence-electron chi connectivity index (χ0n) is 74.1. The van der Waals surface area contributed by atoms with E-state index in [9.17, 15) is 41.2 Å². The molecule has 4 fully saturated rings. The van der Waals surface area contributed by atoms with Crippen molar-refractivity contribution in [2.45, 2.75) is 94.7 Å². The Bertz CT molecular complexity index is 6200. The lowest BCUT2D eigenvalue weighted by Crippen LogP contribution is -2.48. The van der Waals surface area contributed by atoms with Crippen LogP contribution < -0.4 is 41.3 Å². The molecule has 4 amide bonds. The molecule has 8 aromatic heterocycles. The Balaban J connectivity index is 0.000000151. The van der Waals surface area contributed by atoms with Gasteiger partial charge in [-0.15, -0.1) is 0 Å². The molecule has 5 N–H and O–H groups in total. The van der Waals surface area contributed by atoms with Crippen LogP contribution in [0.1, 0.15) is 107 Å². The van der Waals surface area contributed by atoms with Gasteiger partial charge in [-0.1, -0.05) is 12.1 Å². The highest BCUT2D eigenvalue weighted by molar-refractivity contribution is 7.90. The number of aldehydes is 1. The van der Waals surface area contributed by atoms with Gasteiger partial charge in [0.1, 0.15) is 29.6 Å². The fourth-order valence-electron chi connectivity index (χ4n) is 14.5. The average Bonchev–Trinajstić information content (AvgIpc) is 1.78. The van der Waals surface area contributed by atoms with Gasteiger partial charge in [-0.2, -0.15) is 65.8 Å². The summed E-state index contributed by atoms with van der Waals surface area (Å²) in [5.41, 5.74) is 17.3. The molecule has 4 aliphatic heterocycles. The highest BCUT2D eigenvalue weighted by Crippen LogP contribution is 2.30. The molecule has 129 heavy (non-hydrogen) atoms. The molecular formula is C89H102F2N30O7S. The number of alkyl halides is 2. The summed E-state index contributed by atoms with van der Waals surface area (Å²) in [5, 5.41) is 44.7. The van der Waals surface area contributed by atoms with Gasteiger partial charge >= 0.3 is 0 Å². The number of nitrogens with zero attached hydrogens (tertiary/aromatic N) is 26. The van der Waals surface area contributed by atoms with Crippen LogP contribution in [-0.4, -0.2) is 248 Å². The molecule has 0 spiro atoms. The smallest absolute Gasteiger partial charge is 0.263 e. The number of carbonyl (C=O) groups excluding carboxylic acids is 5. The number of hydrogen-bond donors (Lipinski definition) is 4. The number of nitriles is 2. The molecule has 40 heteroatoms. The molecule has 0 unspecified atom stereocenters. The van der Waals surface area contributed by atoms with Crippen LogP contribution in [0.4, 0.5) is 72.6 Å². The van der Waals surface area contributed by atoms with E-state index in [0.29, 0.717) is 186 Å². The van der Waals surface area contributed by atoms with E-state index < -0.39 is 16.3 Å². The first-order valence-electron chi connectivity index (χ1n) is 41.6. The Morgan fingerprint density at radius 1 is 0.380 bits per heavy atom. The number of benzene rings is 4. The third kappa shape index (κ3) is 24.7. The van der Waals surface area contributed by atoms with Crippen LogP contribution in [0.25, 0.3) is 23.3 Å². The average molecular weight is 1770 g/mol. The maximum Gasteiger partial charge on any atom is 0.263 e. The van der Waals surface area contributed by atoms with E-state index in [1.54, 1.807) is 118 Å². The lowest BCUT2D eigenvalue weighted by molar-refractivity contribution is -0.129. The lowest BCUT2D eigenvalue weighted by atomic mass is 10.2. The second-order valence-corrected chi connectivity index (χ2v) is 33.1. The third-order valence-electron chi connectivity index (χ3n) is 21.2. The van der Waals surface area contributed by atoms with E-state index in [-0.39, 0.29) is 34.3 Å². The Morgan fingerprint density at radius 3 is 0.876 bits per heavy atom. The zero-order valence-corrected chi connectivity index (χ0v) is 74.9. The summed E-state index contributed by atoms with van der Waals surface area (Å²) in [6, 6.07) is 46.4. The number of piperazine rings is 4. The first-order valence-corrected chi connectivity index (χ1v) is 43.5. The van der Waals surface area contributed by atoms with Crippen molar-refractivity contribution in [1.82, 2.24) is 98.6 Å². The third-order valence-corrected chi connectivity index (χ3v) is 22.1. The molecule has 0 aliphatic carbocycles. The minimum absolute atomic E-state index is 0.0347. The normalized spacial score (nSPS) is 13.8. The largest absolute Gasteiger partial charge is 0.399 e. The summed E-state index contributed by atoms with van der Waals surface area (Å²) in [6.07, 6.45) is -0.622. The van der Waals surface area contributed by atoms with Gasteiger partial charge in [0.25, 0.3) is 11.6 Å². The number of hydrogen-bond acceptors (Lipinski definition) is 29. The number of aryl methyl sites for hydroxylation is 8. The van der Waals surface area contributed by atoms with Gasteiger partial charge in [-0.05, 0) is 165 Å². The predicted molar refractivity (Wildman–Crippen MR) is 485 cm³/mol. The van der Waals surface area contributed by atoms with Crippen molar-refractivity contribution in [3.05, 3.63) is 213 Å². The monoisotopic (exact) mass is 1770 g/mol. The minimum atomic E-state index is -3.58. The number of nitrogen functional groups attached to an aromatic ring is 1. The molecule has 670 valence electrons.